The van der Waals surface area contributed by atoms with E-state index in [9.17, 15) is 13.2 Å². The average Bonchev–Trinajstić information content (AvgIpc) is 2.92. The van der Waals surface area contributed by atoms with E-state index in [0.717, 1.165) is 4.31 Å². The van der Waals surface area contributed by atoms with Crippen LogP contribution in [0.1, 0.15) is 12.0 Å². The smallest absolute Gasteiger partial charge is 0.324 e. The third-order valence-corrected chi connectivity index (χ3v) is 6.32. The molecule has 0 radical (unpaired) electrons. The molecule has 0 N–H and O–H groups in total. The molecule has 0 amide bonds. The lowest BCUT2D eigenvalue weighted by Gasteiger charge is -2.25. The maximum absolute atomic E-state index is 12.6. The molecule has 0 aliphatic carbocycles. The Kier molecular flexibility index (Phi) is 3.25. The van der Waals surface area contributed by atoms with Crippen molar-refractivity contribution in [1.82, 2.24) is 4.31 Å². The maximum atomic E-state index is 12.6. The highest BCUT2D eigenvalue weighted by Crippen LogP contribution is 2.37. The molecule has 0 unspecified atom stereocenters. The van der Waals surface area contributed by atoms with Crippen LogP contribution in [0.5, 0.6) is 0 Å². The van der Waals surface area contributed by atoms with Gasteiger partial charge in [-0.05, 0) is 24.6 Å². The zero-order valence-electron chi connectivity index (χ0n) is 10.5. The summed E-state index contributed by atoms with van der Waals surface area (Å²) in [5.41, 5.74) is 0.613. The molecule has 2 heterocycles. The van der Waals surface area contributed by atoms with Gasteiger partial charge in [-0.1, -0.05) is 23.2 Å². The van der Waals surface area contributed by atoms with Gasteiger partial charge >= 0.3 is 5.97 Å². The molecule has 2 aliphatic heterocycles. The van der Waals surface area contributed by atoms with Crippen molar-refractivity contribution in [2.24, 2.45) is 0 Å². The van der Waals surface area contributed by atoms with E-state index in [4.69, 9.17) is 27.9 Å². The maximum Gasteiger partial charge on any atom is 0.324 e. The number of halogens is 2. The normalized spacial score (nSPS) is 26.1. The Morgan fingerprint density at radius 3 is 2.60 bits per heavy atom. The zero-order valence-corrected chi connectivity index (χ0v) is 12.8. The molecule has 3 rings (SSSR count). The minimum Gasteiger partial charge on any atom is -0.460 e. The Hall–Kier alpha value is -0.820. The van der Waals surface area contributed by atoms with Crippen LogP contribution in [0.25, 0.3) is 0 Å². The van der Waals surface area contributed by atoms with Crippen LogP contribution in [0.2, 0.25) is 10.0 Å². The number of aryl methyl sites for hydroxylation is 1. The number of hydrogen-bond acceptors (Lipinski definition) is 4. The van der Waals surface area contributed by atoms with Crippen LogP contribution >= 0.6 is 23.2 Å². The summed E-state index contributed by atoms with van der Waals surface area (Å²) in [7, 11) is -3.83. The van der Waals surface area contributed by atoms with Gasteiger partial charge < -0.3 is 4.74 Å². The molecule has 5 nitrogen and oxygen atoms in total. The molecule has 2 atom stereocenters. The van der Waals surface area contributed by atoms with Crippen molar-refractivity contribution in [1.29, 1.82) is 0 Å². The second-order valence-corrected chi connectivity index (χ2v) is 7.59. The molecule has 2 aliphatic rings. The molecular formula is C12H11Cl2NO4S. The molecule has 8 heteroatoms. The van der Waals surface area contributed by atoms with Crippen molar-refractivity contribution in [3.63, 3.8) is 0 Å². The fourth-order valence-corrected chi connectivity index (χ4v) is 4.96. The Bertz CT molecular complexity index is 704. The lowest BCUT2D eigenvalue weighted by Crippen LogP contribution is -2.44. The highest BCUT2D eigenvalue weighted by atomic mass is 35.5. The molecule has 0 spiro atoms. The summed E-state index contributed by atoms with van der Waals surface area (Å²) in [4.78, 5) is 11.5. The van der Waals surface area contributed by atoms with Gasteiger partial charge in [-0.3, -0.25) is 4.79 Å². The minimum absolute atomic E-state index is 0.0265. The number of nitrogens with zero attached hydrogens (tertiary/aromatic N) is 1. The van der Waals surface area contributed by atoms with Gasteiger partial charge in [0.1, 0.15) is 17.0 Å². The lowest BCUT2D eigenvalue weighted by molar-refractivity contribution is -0.148. The van der Waals surface area contributed by atoms with Crippen molar-refractivity contribution in [3.8, 4) is 0 Å². The fourth-order valence-electron chi connectivity index (χ4n) is 2.53. The third-order valence-electron chi connectivity index (χ3n) is 3.57. The Labute approximate surface area is 126 Å². The quantitative estimate of drug-likeness (QED) is 0.775. The van der Waals surface area contributed by atoms with Gasteiger partial charge in [0.2, 0.25) is 10.0 Å². The molecule has 2 bridgehead atoms. The van der Waals surface area contributed by atoms with E-state index < -0.39 is 22.0 Å². The second-order valence-electron chi connectivity index (χ2n) is 4.92. The van der Waals surface area contributed by atoms with Crippen molar-refractivity contribution in [2.75, 3.05) is 6.54 Å². The number of sulfonamides is 1. The molecule has 2 saturated heterocycles. The molecule has 0 saturated carbocycles. The lowest BCUT2D eigenvalue weighted by atomic mass is 10.2. The largest absolute Gasteiger partial charge is 0.460 e. The Balaban J connectivity index is 2.05. The number of carbonyl (C=O) groups is 1. The highest BCUT2D eigenvalue weighted by Gasteiger charge is 2.51. The van der Waals surface area contributed by atoms with Crippen LogP contribution in [0.3, 0.4) is 0 Å². The van der Waals surface area contributed by atoms with E-state index in [0.29, 0.717) is 17.0 Å². The van der Waals surface area contributed by atoms with E-state index >= 15 is 0 Å². The highest BCUT2D eigenvalue weighted by molar-refractivity contribution is 7.89. The van der Waals surface area contributed by atoms with Gasteiger partial charge in [-0.25, -0.2) is 8.42 Å². The Morgan fingerprint density at radius 2 is 2.00 bits per heavy atom. The van der Waals surface area contributed by atoms with Crippen LogP contribution in [0.4, 0.5) is 0 Å². The van der Waals surface area contributed by atoms with Crippen molar-refractivity contribution in [2.45, 2.75) is 30.4 Å². The van der Waals surface area contributed by atoms with Gasteiger partial charge in [-0.2, -0.15) is 4.31 Å². The van der Waals surface area contributed by atoms with Gasteiger partial charge in [0, 0.05) is 11.4 Å². The predicted molar refractivity (Wildman–Crippen MR) is 73.4 cm³/mol. The van der Waals surface area contributed by atoms with E-state index in [1.807, 2.05) is 0 Å². The topological polar surface area (TPSA) is 63.7 Å². The molecule has 2 fully saturated rings. The first-order valence-corrected chi connectivity index (χ1v) is 8.18. The third kappa shape index (κ3) is 2.02. The summed E-state index contributed by atoms with van der Waals surface area (Å²) >= 11 is 11.9. The first-order valence-electron chi connectivity index (χ1n) is 5.98. The number of carbonyl (C=O) groups excluding carboxylic acids is 1. The summed E-state index contributed by atoms with van der Waals surface area (Å²) in [5, 5.41) is 0.452. The number of ether oxygens (including phenoxy) is 1. The summed E-state index contributed by atoms with van der Waals surface area (Å²) in [6, 6.07) is 2.09. The van der Waals surface area contributed by atoms with Gasteiger partial charge in [-0.15, -0.1) is 0 Å². The summed E-state index contributed by atoms with van der Waals surface area (Å²) in [6.07, 6.45) is 0.0527. The van der Waals surface area contributed by atoms with E-state index in [-0.39, 0.29) is 22.6 Å². The number of benzene rings is 1. The standard InChI is InChI=1S/C12H11Cl2NO4S/c1-6-2-11(9(14)4-8(6)13)20(17,18)15-5-7-3-10(15)12(16)19-7/h2,4,7,10H,3,5H2,1H3/t7-,10+/m0/s1. The molecule has 20 heavy (non-hydrogen) atoms. The molecule has 1 aromatic rings. The number of rotatable bonds is 2. The SMILES string of the molecule is Cc1cc(S(=O)(=O)N2C[C@@H]3C[C@@H]2C(=O)O3)c(Cl)cc1Cl. The first-order chi connectivity index (χ1) is 9.30. The Morgan fingerprint density at radius 1 is 1.30 bits per heavy atom. The number of morpholine rings is 1. The van der Waals surface area contributed by atoms with Crippen molar-refractivity contribution in [3.05, 3.63) is 27.7 Å². The van der Waals surface area contributed by atoms with Gasteiger partial charge in [0.15, 0.2) is 0 Å². The summed E-state index contributed by atoms with van der Waals surface area (Å²) in [5.74, 6) is -0.494. The van der Waals surface area contributed by atoms with Gasteiger partial charge in [0.05, 0.1) is 11.6 Å². The van der Waals surface area contributed by atoms with Crippen molar-refractivity contribution >= 4 is 39.2 Å². The van der Waals surface area contributed by atoms with Crippen LogP contribution in [-0.4, -0.2) is 37.4 Å². The monoisotopic (exact) mass is 335 g/mol. The van der Waals surface area contributed by atoms with Crippen molar-refractivity contribution < 1.29 is 17.9 Å². The molecule has 108 valence electrons. The van der Waals surface area contributed by atoms with E-state index in [1.165, 1.54) is 12.1 Å². The fraction of sp³-hybridized carbons (Fsp3) is 0.417. The number of esters is 1. The number of hydrogen-bond donors (Lipinski definition) is 0. The molecule has 1 aromatic carbocycles. The van der Waals surface area contributed by atoms with E-state index in [1.54, 1.807) is 6.92 Å². The average molecular weight is 336 g/mol. The van der Waals surface area contributed by atoms with E-state index in [2.05, 4.69) is 0 Å². The summed E-state index contributed by atoms with van der Waals surface area (Å²) in [6.45, 7) is 1.87. The summed E-state index contributed by atoms with van der Waals surface area (Å²) < 4.78 is 31.4. The van der Waals surface area contributed by atoms with Crippen LogP contribution < -0.4 is 0 Å². The molecular weight excluding hydrogens is 325 g/mol. The number of fused-ring (bicyclic) bond motifs is 2. The van der Waals surface area contributed by atoms with Crippen LogP contribution in [0.15, 0.2) is 17.0 Å². The zero-order chi connectivity index (χ0) is 14.7. The molecule has 0 aromatic heterocycles. The first kappa shape index (κ1) is 14.1. The second kappa shape index (κ2) is 4.59. The van der Waals surface area contributed by atoms with Gasteiger partial charge in [0.25, 0.3) is 0 Å². The predicted octanol–water partition coefficient (Wildman–Crippen LogP) is 1.99. The van der Waals surface area contributed by atoms with Crippen LogP contribution in [-0.2, 0) is 19.6 Å². The minimum atomic E-state index is -3.83. The van der Waals surface area contributed by atoms with Crippen LogP contribution in [0, 0.1) is 6.92 Å².